The maximum atomic E-state index is 9.00. The molecule has 0 fully saturated rings. The molecule has 102 valence electrons. The minimum Gasteiger partial charge on any atom is -0.497 e. The predicted molar refractivity (Wildman–Crippen MR) is 70.2 cm³/mol. The van der Waals surface area contributed by atoms with Crippen LogP contribution in [0.4, 0.5) is 0 Å². The maximum absolute atomic E-state index is 9.00. The molecule has 0 amide bonds. The molecule has 5 nitrogen and oxygen atoms in total. The Morgan fingerprint density at radius 2 is 1.89 bits per heavy atom. The van der Waals surface area contributed by atoms with E-state index in [0.717, 1.165) is 11.3 Å². The van der Waals surface area contributed by atoms with Crippen molar-refractivity contribution in [3.8, 4) is 5.75 Å². The van der Waals surface area contributed by atoms with Crippen LogP contribution < -0.4 is 10.2 Å². The molecule has 0 aliphatic carbocycles. The lowest BCUT2D eigenvalue weighted by atomic mass is 10.2. The molecule has 0 unspecified atom stereocenters. The van der Waals surface area contributed by atoms with Gasteiger partial charge in [-0.2, -0.15) is 0 Å². The molecule has 0 aliphatic heterocycles. The van der Waals surface area contributed by atoms with E-state index in [4.69, 9.17) is 14.9 Å². The lowest BCUT2D eigenvalue weighted by Gasteiger charge is -2.22. The first-order valence-electron chi connectivity index (χ1n) is 6.13. The summed E-state index contributed by atoms with van der Waals surface area (Å²) in [6, 6.07) is 7.83. The number of nitrogens with one attached hydrogen (secondary N) is 1. The zero-order chi connectivity index (χ0) is 13.2. The van der Waals surface area contributed by atoms with Crippen LogP contribution in [0.2, 0.25) is 0 Å². The van der Waals surface area contributed by atoms with Crippen LogP contribution in [-0.4, -0.2) is 48.6 Å². The van der Waals surface area contributed by atoms with Crippen molar-refractivity contribution in [2.75, 3.05) is 33.4 Å². The molecule has 18 heavy (non-hydrogen) atoms. The van der Waals surface area contributed by atoms with Gasteiger partial charge in [0.15, 0.2) is 0 Å². The minimum absolute atomic E-state index is 0.0995. The largest absolute Gasteiger partial charge is 0.497 e. The highest BCUT2D eigenvalue weighted by Gasteiger charge is 2.04. The van der Waals surface area contributed by atoms with Crippen molar-refractivity contribution in [3.05, 3.63) is 29.8 Å². The van der Waals surface area contributed by atoms with Gasteiger partial charge in [0.2, 0.25) is 0 Å². The molecule has 0 heterocycles. The number of hydrogen-bond donors (Lipinski definition) is 3. The second-order valence-corrected chi connectivity index (χ2v) is 3.98. The van der Waals surface area contributed by atoms with Gasteiger partial charge in [-0.05, 0) is 24.1 Å². The van der Waals surface area contributed by atoms with E-state index in [0.29, 0.717) is 26.1 Å². The van der Waals surface area contributed by atoms with Gasteiger partial charge in [0, 0.05) is 26.2 Å². The highest BCUT2D eigenvalue weighted by Crippen LogP contribution is 2.12. The molecule has 1 rings (SSSR count). The average Bonchev–Trinajstić information content (AvgIpc) is 2.40. The molecule has 5 heteroatoms. The molecule has 0 aliphatic rings. The summed E-state index contributed by atoms with van der Waals surface area (Å²) < 4.78 is 5.10. The zero-order valence-corrected chi connectivity index (χ0v) is 10.8. The topological polar surface area (TPSA) is 65.0 Å². The number of benzene rings is 1. The van der Waals surface area contributed by atoms with Crippen LogP contribution in [0, 0.1) is 0 Å². The van der Waals surface area contributed by atoms with Crippen LogP contribution in [0.3, 0.4) is 0 Å². The second kappa shape index (κ2) is 8.88. The molecule has 0 atom stereocenters. The van der Waals surface area contributed by atoms with Crippen molar-refractivity contribution >= 4 is 0 Å². The van der Waals surface area contributed by atoms with E-state index in [1.807, 2.05) is 29.3 Å². The Morgan fingerprint density at radius 1 is 1.17 bits per heavy atom. The van der Waals surface area contributed by atoms with Gasteiger partial charge in [0.25, 0.3) is 0 Å². The monoisotopic (exact) mass is 254 g/mol. The third-order valence-electron chi connectivity index (χ3n) is 2.57. The Hall–Kier alpha value is -1.14. The molecule has 1 aromatic carbocycles. The summed E-state index contributed by atoms with van der Waals surface area (Å²) in [4.78, 5) is 0. The standard InChI is InChI=1S/C13H22N2O3/c1-18-13-5-3-12(4-6-13)11-15(8-10-17)14-7-2-9-16/h3-6,14,16-17H,2,7-11H2,1H3. The molecule has 0 radical (unpaired) electrons. The number of ether oxygens (including phenoxy) is 1. The number of hydrazine groups is 1. The molecule has 0 saturated heterocycles. The van der Waals surface area contributed by atoms with Gasteiger partial charge in [-0.3, -0.25) is 5.43 Å². The molecular weight excluding hydrogens is 232 g/mol. The summed E-state index contributed by atoms with van der Waals surface area (Å²) >= 11 is 0. The first-order chi connectivity index (χ1) is 8.80. The fourth-order valence-corrected chi connectivity index (χ4v) is 1.60. The lowest BCUT2D eigenvalue weighted by Crippen LogP contribution is -2.40. The maximum Gasteiger partial charge on any atom is 0.118 e. The molecular formula is C13H22N2O3. The molecule has 3 N–H and O–H groups in total. The SMILES string of the molecule is COc1ccc(CN(CCO)NCCCO)cc1. The third kappa shape index (κ3) is 5.46. The predicted octanol–water partition coefficient (Wildman–Crippen LogP) is 0.376. The average molecular weight is 254 g/mol. The van der Waals surface area contributed by atoms with Crippen LogP contribution in [0.5, 0.6) is 5.75 Å². The van der Waals surface area contributed by atoms with E-state index in [9.17, 15) is 0 Å². The van der Waals surface area contributed by atoms with Crippen LogP contribution >= 0.6 is 0 Å². The van der Waals surface area contributed by atoms with Gasteiger partial charge in [0.05, 0.1) is 13.7 Å². The molecule has 0 aromatic heterocycles. The van der Waals surface area contributed by atoms with Crippen molar-refractivity contribution in [2.45, 2.75) is 13.0 Å². The Kier molecular flexibility index (Phi) is 7.36. The third-order valence-corrected chi connectivity index (χ3v) is 2.57. The quantitative estimate of drug-likeness (QED) is 0.439. The van der Waals surface area contributed by atoms with E-state index in [1.165, 1.54) is 0 Å². The van der Waals surface area contributed by atoms with Crippen LogP contribution in [-0.2, 0) is 6.54 Å². The van der Waals surface area contributed by atoms with E-state index in [2.05, 4.69) is 5.43 Å². The van der Waals surface area contributed by atoms with Crippen LogP contribution in [0.25, 0.3) is 0 Å². The fourth-order valence-electron chi connectivity index (χ4n) is 1.60. The van der Waals surface area contributed by atoms with E-state index in [1.54, 1.807) is 7.11 Å². The van der Waals surface area contributed by atoms with Gasteiger partial charge < -0.3 is 14.9 Å². The highest BCUT2D eigenvalue weighted by atomic mass is 16.5. The first kappa shape index (κ1) is 14.9. The Morgan fingerprint density at radius 3 is 2.44 bits per heavy atom. The summed E-state index contributed by atoms with van der Waals surface area (Å²) in [7, 11) is 1.64. The number of aliphatic hydroxyl groups is 2. The number of nitrogens with zero attached hydrogens (tertiary/aromatic N) is 1. The summed E-state index contributed by atoms with van der Waals surface area (Å²) in [5.41, 5.74) is 4.32. The normalized spacial score (nSPS) is 10.9. The summed E-state index contributed by atoms with van der Waals surface area (Å²) in [6.45, 7) is 2.23. The Labute approximate surface area is 108 Å². The number of rotatable bonds is 9. The van der Waals surface area contributed by atoms with Gasteiger partial charge >= 0.3 is 0 Å². The van der Waals surface area contributed by atoms with Gasteiger partial charge in [-0.25, -0.2) is 5.01 Å². The molecule has 1 aromatic rings. The van der Waals surface area contributed by atoms with Crippen LogP contribution in [0.15, 0.2) is 24.3 Å². The number of hydrogen-bond acceptors (Lipinski definition) is 5. The Bertz CT molecular complexity index is 317. The van der Waals surface area contributed by atoms with Crippen molar-refractivity contribution < 1.29 is 14.9 Å². The highest BCUT2D eigenvalue weighted by molar-refractivity contribution is 5.26. The van der Waals surface area contributed by atoms with E-state index in [-0.39, 0.29) is 13.2 Å². The Balaban J connectivity index is 2.47. The summed E-state index contributed by atoms with van der Waals surface area (Å²) in [5, 5.41) is 19.7. The van der Waals surface area contributed by atoms with E-state index >= 15 is 0 Å². The molecule has 0 saturated carbocycles. The summed E-state index contributed by atoms with van der Waals surface area (Å²) in [6.07, 6.45) is 0.699. The second-order valence-electron chi connectivity index (χ2n) is 3.98. The number of methoxy groups -OCH3 is 1. The summed E-state index contributed by atoms with van der Waals surface area (Å²) in [5.74, 6) is 0.834. The smallest absolute Gasteiger partial charge is 0.118 e. The lowest BCUT2D eigenvalue weighted by molar-refractivity contribution is 0.131. The zero-order valence-electron chi connectivity index (χ0n) is 10.8. The minimum atomic E-state index is 0.0995. The molecule has 0 spiro atoms. The molecule has 0 bridgehead atoms. The van der Waals surface area contributed by atoms with Crippen molar-refractivity contribution in [1.82, 2.24) is 10.4 Å². The first-order valence-corrected chi connectivity index (χ1v) is 6.13. The van der Waals surface area contributed by atoms with Crippen molar-refractivity contribution in [2.24, 2.45) is 0 Å². The number of aliphatic hydroxyl groups excluding tert-OH is 2. The van der Waals surface area contributed by atoms with Crippen molar-refractivity contribution in [1.29, 1.82) is 0 Å². The fraction of sp³-hybridized carbons (Fsp3) is 0.538. The van der Waals surface area contributed by atoms with E-state index < -0.39 is 0 Å². The van der Waals surface area contributed by atoms with Gasteiger partial charge in [0.1, 0.15) is 5.75 Å². The van der Waals surface area contributed by atoms with Gasteiger partial charge in [-0.15, -0.1) is 0 Å². The van der Waals surface area contributed by atoms with Crippen LogP contribution in [0.1, 0.15) is 12.0 Å². The van der Waals surface area contributed by atoms with Crippen molar-refractivity contribution in [3.63, 3.8) is 0 Å². The van der Waals surface area contributed by atoms with Gasteiger partial charge in [-0.1, -0.05) is 12.1 Å².